The molecule has 33 heavy (non-hydrogen) atoms. The van der Waals surface area contributed by atoms with E-state index in [9.17, 15) is 0 Å². The molecule has 6 rings (SSSR count). The van der Waals surface area contributed by atoms with Crippen LogP contribution >= 0.6 is 0 Å². The van der Waals surface area contributed by atoms with Crippen molar-refractivity contribution in [3.05, 3.63) is 36.0 Å². The Hall–Kier alpha value is -2.51. The van der Waals surface area contributed by atoms with Gasteiger partial charge in [0.25, 0.3) is 0 Å². The molecular weight excluding hydrogens is 412 g/mol. The maximum Gasteiger partial charge on any atom is 0.148 e. The van der Waals surface area contributed by atoms with Gasteiger partial charge in [0.05, 0.1) is 11.2 Å². The van der Waals surface area contributed by atoms with Crippen molar-refractivity contribution in [3.63, 3.8) is 0 Å². The lowest BCUT2D eigenvalue weighted by Crippen LogP contribution is -2.32. The van der Waals surface area contributed by atoms with Gasteiger partial charge in [0, 0.05) is 63.1 Å². The number of nitrogens with one attached hydrogen (secondary N) is 1. The van der Waals surface area contributed by atoms with Crippen molar-refractivity contribution in [2.45, 2.75) is 38.6 Å². The second-order valence-electron chi connectivity index (χ2n) is 10.4. The smallest absolute Gasteiger partial charge is 0.148 e. The number of rotatable bonds is 5. The summed E-state index contributed by atoms with van der Waals surface area (Å²) in [5, 5.41) is 18.4. The lowest BCUT2D eigenvalue weighted by Gasteiger charge is -2.27. The van der Waals surface area contributed by atoms with Gasteiger partial charge in [0.1, 0.15) is 5.82 Å². The van der Waals surface area contributed by atoms with Gasteiger partial charge in [0.15, 0.2) is 0 Å². The number of benzene rings is 1. The van der Waals surface area contributed by atoms with Gasteiger partial charge < -0.3 is 15.0 Å². The minimum atomic E-state index is 0.513. The lowest BCUT2D eigenvalue weighted by atomic mass is 10.00. The van der Waals surface area contributed by atoms with Crippen molar-refractivity contribution in [1.29, 1.82) is 0 Å². The largest absolute Gasteiger partial charge is 0.381 e. The molecule has 2 aromatic heterocycles. The normalized spacial score (nSPS) is 26.2. The Balaban J connectivity index is 1.06. The summed E-state index contributed by atoms with van der Waals surface area (Å²) in [5.74, 6) is 3.37. The molecule has 3 fully saturated rings. The molecule has 1 saturated carbocycles. The Morgan fingerprint density at radius 1 is 1.03 bits per heavy atom. The number of likely N-dealkylation sites (tertiary alicyclic amines) is 1. The van der Waals surface area contributed by atoms with Crippen molar-refractivity contribution >= 4 is 16.7 Å². The van der Waals surface area contributed by atoms with E-state index in [1.165, 1.54) is 56.3 Å². The summed E-state index contributed by atoms with van der Waals surface area (Å²) in [4.78, 5) is 2.72. The van der Waals surface area contributed by atoms with E-state index in [0.717, 1.165) is 53.6 Å². The van der Waals surface area contributed by atoms with E-state index in [1.54, 1.807) is 0 Å². The van der Waals surface area contributed by atoms with Crippen LogP contribution in [0.4, 0.5) is 5.82 Å². The van der Waals surface area contributed by atoms with Crippen molar-refractivity contribution < 1.29 is 4.74 Å². The monoisotopic (exact) mass is 446 g/mol. The molecule has 0 spiro atoms. The number of aryl methyl sites for hydroxylation is 2. The van der Waals surface area contributed by atoms with Gasteiger partial charge in [-0.15, -0.1) is 10.2 Å². The zero-order valence-corrected chi connectivity index (χ0v) is 19.7. The Labute approximate surface area is 195 Å². The molecule has 174 valence electrons. The molecule has 3 aliphatic rings. The molecule has 1 N–H and O–H groups in total. The van der Waals surface area contributed by atoms with E-state index in [0.29, 0.717) is 6.04 Å². The average molecular weight is 447 g/mol. The Kier molecular flexibility index (Phi) is 5.54. The average Bonchev–Trinajstić information content (AvgIpc) is 3.48. The zero-order valence-electron chi connectivity index (χ0n) is 19.7. The molecular formula is C26H34N6O. The van der Waals surface area contributed by atoms with Gasteiger partial charge in [-0.2, -0.15) is 5.10 Å². The SMILES string of the molecule is Cc1c(-c2ccc(NC3CC4CN(CC5CCOCC5)CC4C3)nn2)ccc2nn(C)cc12. The number of fused-ring (bicyclic) bond motifs is 2. The third-order valence-corrected chi connectivity index (χ3v) is 8.05. The van der Waals surface area contributed by atoms with Gasteiger partial charge in [-0.1, -0.05) is 6.07 Å². The number of anilines is 1. The molecule has 7 nitrogen and oxygen atoms in total. The van der Waals surface area contributed by atoms with Crippen LogP contribution in [0.15, 0.2) is 30.5 Å². The zero-order chi connectivity index (χ0) is 22.4. The Morgan fingerprint density at radius 3 is 2.55 bits per heavy atom. The molecule has 4 heterocycles. The predicted octanol–water partition coefficient (Wildman–Crippen LogP) is 3.89. The molecule has 2 unspecified atom stereocenters. The van der Waals surface area contributed by atoms with Crippen LogP contribution in [0.25, 0.3) is 22.2 Å². The summed E-state index contributed by atoms with van der Waals surface area (Å²) < 4.78 is 7.39. The molecule has 0 radical (unpaired) electrons. The van der Waals surface area contributed by atoms with E-state index in [2.05, 4.69) is 62.9 Å². The third-order valence-electron chi connectivity index (χ3n) is 8.05. The second kappa shape index (κ2) is 8.69. The fourth-order valence-electron chi connectivity index (χ4n) is 6.35. The molecule has 2 saturated heterocycles. The number of hydrogen-bond donors (Lipinski definition) is 1. The van der Waals surface area contributed by atoms with Crippen LogP contribution in [0.5, 0.6) is 0 Å². The first kappa shape index (κ1) is 21.1. The van der Waals surface area contributed by atoms with E-state index < -0.39 is 0 Å². The van der Waals surface area contributed by atoms with Crippen molar-refractivity contribution in [2.24, 2.45) is 24.8 Å². The molecule has 0 bridgehead atoms. The van der Waals surface area contributed by atoms with Gasteiger partial charge in [0.2, 0.25) is 0 Å². The molecule has 2 atom stereocenters. The van der Waals surface area contributed by atoms with Crippen LogP contribution < -0.4 is 5.32 Å². The summed E-state index contributed by atoms with van der Waals surface area (Å²) in [6.07, 6.45) is 7.03. The number of nitrogens with zero attached hydrogens (tertiary/aromatic N) is 5. The topological polar surface area (TPSA) is 68.1 Å². The van der Waals surface area contributed by atoms with Crippen LogP contribution in [-0.4, -0.2) is 63.8 Å². The molecule has 3 aromatic rings. The molecule has 1 aromatic carbocycles. The van der Waals surface area contributed by atoms with Crippen molar-refractivity contribution in [1.82, 2.24) is 24.9 Å². The maximum absolute atomic E-state index is 5.52. The van der Waals surface area contributed by atoms with Crippen LogP contribution in [0, 0.1) is 24.7 Å². The summed E-state index contributed by atoms with van der Waals surface area (Å²) in [6, 6.07) is 8.85. The van der Waals surface area contributed by atoms with Crippen LogP contribution in [0.2, 0.25) is 0 Å². The van der Waals surface area contributed by atoms with Crippen LogP contribution in [-0.2, 0) is 11.8 Å². The first-order valence-electron chi connectivity index (χ1n) is 12.5. The highest BCUT2D eigenvalue weighted by atomic mass is 16.5. The minimum absolute atomic E-state index is 0.513. The molecule has 7 heteroatoms. The second-order valence-corrected chi connectivity index (χ2v) is 10.4. The fourth-order valence-corrected chi connectivity index (χ4v) is 6.35. The maximum atomic E-state index is 5.52. The summed E-state index contributed by atoms with van der Waals surface area (Å²) in [6.45, 7) is 7.84. The highest BCUT2D eigenvalue weighted by Gasteiger charge is 2.41. The molecule has 1 aliphatic carbocycles. The van der Waals surface area contributed by atoms with Gasteiger partial charge in [-0.05, 0) is 74.1 Å². The molecule has 2 aliphatic heterocycles. The lowest BCUT2D eigenvalue weighted by molar-refractivity contribution is 0.0545. The number of ether oxygens (including phenoxy) is 1. The summed E-state index contributed by atoms with van der Waals surface area (Å²) in [7, 11) is 1.96. The van der Waals surface area contributed by atoms with E-state index in [1.807, 2.05) is 11.7 Å². The first-order chi connectivity index (χ1) is 16.1. The fraction of sp³-hybridized carbons (Fsp3) is 0.577. The number of hydrogen-bond acceptors (Lipinski definition) is 6. The van der Waals surface area contributed by atoms with Gasteiger partial charge in [-0.3, -0.25) is 4.68 Å². The van der Waals surface area contributed by atoms with Crippen LogP contribution in [0.1, 0.15) is 31.2 Å². The summed E-state index contributed by atoms with van der Waals surface area (Å²) >= 11 is 0. The number of aromatic nitrogens is 4. The van der Waals surface area contributed by atoms with E-state index in [4.69, 9.17) is 4.74 Å². The predicted molar refractivity (Wildman–Crippen MR) is 130 cm³/mol. The van der Waals surface area contributed by atoms with Crippen molar-refractivity contribution in [2.75, 3.05) is 38.2 Å². The first-order valence-corrected chi connectivity index (χ1v) is 12.5. The Bertz CT molecular complexity index is 1110. The highest BCUT2D eigenvalue weighted by molar-refractivity contribution is 5.88. The van der Waals surface area contributed by atoms with E-state index >= 15 is 0 Å². The minimum Gasteiger partial charge on any atom is -0.381 e. The highest BCUT2D eigenvalue weighted by Crippen LogP contribution is 2.39. The third kappa shape index (κ3) is 4.24. The van der Waals surface area contributed by atoms with Gasteiger partial charge >= 0.3 is 0 Å². The standard InChI is InChI=1S/C26H34N6O/c1-17-22(3-4-25-23(17)16-31(2)30-25)24-5-6-26(29-28-24)27-21-11-19-14-32(15-20(19)12-21)13-18-7-9-33-10-8-18/h3-6,16,18-21H,7-15H2,1-2H3,(H,27,29). The van der Waals surface area contributed by atoms with E-state index in [-0.39, 0.29) is 0 Å². The molecule has 0 amide bonds. The quantitative estimate of drug-likeness (QED) is 0.641. The van der Waals surface area contributed by atoms with Crippen LogP contribution in [0.3, 0.4) is 0 Å². The summed E-state index contributed by atoms with van der Waals surface area (Å²) in [5.41, 5.74) is 4.25. The van der Waals surface area contributed by atoms with Crippen molar-refractivity contribution in [3.8, 4) is 11.3 Å². The Morgan fingerprint density at radius 2 is 1.82 bits per heavy atom. The van der Waals surface area contributed by atoms with Gasteiger partial charge in [-0.25, -0.2) is 0 Å².